The molecule has 0 unspecified atom stereocenters. The number of ether oxygens (including phenoxy) is 1. The summed E-state index contributed by atoms with van der Waals surface area (Å²) in [5.41, 5.74) is 1.98. The predicted molar refractivity (Wildman–Crippen MR) is 116 cm³/mol. The normalized spacial score (nSPS) is 14.7. The highest BCUT2D eigenvalue weighted by molar-refractivity contribution is 5.77. The number of nitrogens with zero attached hydrogens (tertiary/aromatic N) is 5. The number of benzene rings is 1. The molecule has 11 nitrogen and oxygen atoms in total. The molecule has 1 aromatic carbocycles. The Morgan fingerprint density at radius 2 is 2.06 bits per heavy atom. The maximum Gasteiger partial charge on any atom is 0.460 e. The van der Waals surface area contributed by atoms with Gasteiger partial charge in [0, 0.05) is 22.7 Å². The SMILES string of the molecule is CC(C)OC(=O)CCNc1n[n+]([O-])c2cc(-c3cnn(C4CCNCC4)c3)ccc2[n+]1[O-]. The minimum atomic E-state index is -0.393. The minimum Gasteiger partial charge on any atom is -0.739 e. The van der Waals surface area contributed by atoms with Crippen LogP contribution in [0, 0.1) is 10.4 Å². The summed E-state index contributed by atoms with van der Waals surface area (Å²) in [7, 11) is 0. The van der Waals surface area contributed by atoms with Gasteiger partial charge in [-0.25, -0.2) is 4.73 Å². The summed E-state index contributed by atoms with van der Waals surface area (Å²) >= 11 is 0. The quantitative estimate of drug-likeness (QED) is 0.315. The zero-order valence-corrected chi connectivity index (χ0v) is 18.2. The Bertz CT molecular complexity index is 1110. The van der Waals surface area contributed by atoms with Gasteiger partial charge < -0.3 is 20.5 Å². The molecule has 170 valence electrons. The number of nitrogens with one attached hydrogen (secondary N) is 2. The van der Waals surface area contributed by atoms with E-state index in [2.05, 4.69) is 20.8 Å². The Kier molecular flexibility index (Phi) is 6.35. The number of esters is 1. The monoisotopic (exact) mass is 441 g/mol. The van der Waals surface area contributed by atoms with E-state index in [9.17, 15) is 15.2 Å². The molecule has 1 aliphatic heterocycles. The first-order valence-corrected chi connectivity index (χ1v) is 10.8. The van der Waals surface area contributed by atoms with Gasteiger partial charge >= 0.3 is 11.9 Å². The molecule has 0 spiro atoms. The van der Waals surface area contributed by atoms with Gasteiger partial charge in [0.1, 0.15) is 0 Å². The van der Waals surface area contributed by atoms with E-state index in [-0.39, 0.29) is 36.1 Å². The minimum absolute atomic E-state index is 0.0523. The molecule has 0 radical (unpaired) electrons. The van der Waals surface area contributed by atoms with Crippen molar-refractivity contribution in [3.63, 3.8) is 0 Å². The summed E-state index contributed by atoms with van der Waals surface area (Å²) in [4.78, 5) is 12.1. The smallest absolute Gasteiger partial charge is 0.460 e. The van der Waals surface area contributed by atoms with Crippen molar-refractivity contribution in [1.29, 1.82) is 0 Å². The number of piperidine rings is 1. The van der Waals surface area contributed by atoms with E-state index in [0.717, 1.165) is 37.1 Å². The van der Waals surface area contributed by atoms with E-state index in [1.165, 1.54) is 0 Å². The highest BCUT2D eigenvalue weighted by Gasteiger charge is 2.22. The lowest BCUT2D eigenvalue weighted by molar-refractivity contribution is -0.672. The van der Waals surface area contributed by atoms with E-state index in [1.54, 1.807) is 38.2 Å². The Morgan fingerprint density at radius 3 is 2.81 bits per heavy atom. The van der Waals surface area contributed by atoms with Gasteiger partial charge in [0.05, 0.1) is 31.3 Å². The third kappa shape index (κ3) is 4.72. The van der Waals surface area contributed by atoms with Crippen molar-refractivity contribution in [2.24, 2.45) is 0 Å². The van der Waals surface area contributed by atoms with Crippen molar-refractivity contribution in [2.45, 2.75) is 45.3 Å². The third-order valence-electron chi connectivity index (χ3n) is 5.38. The van der Waals surface area contributed by atoms with Crippen LogP contribution in [0.4, 0.5) is 5.95 Å². The number of aromatic nitrogens is 5. The first-order chi connectivity index (χ1) is 15.4. The van der Waals surface area contributed by atoms with Crippen LogP contribution in [0.2, 0.25) is 0 Å². The molecule has 1 fully saturated rings. The number of fused-ring (bicyclic) bond motifs is 1. The van der Waals surface area contributed by atoms with Gasteiger partial charge in [0.25, 0.3) is 5.52 Å². The lowest BCUT2D eigenvalue weighted by Gasteiger charge is -2.22. The van der Waals surface area contributed by atoms with Crippen molar-refractivity contribution in [1.82, 2.24) is 20.2 Å². The average Bonchev–Trinajstić information content (AvgIpc) is 3.27. The number of carbonyl (C=O) groups is 1. The number of hydrogen-bond acceptors (Lipinski definition) is 8. The van der Waals surface area contributed by atoms with Crippen LogP contribution in [0.5, 0.6) is 0 Å². The summed E-state index contributed by atoms with van der Waals surface area (Å²) in [6, 6.07) is 5.36. The van der Waals surface area contributed by atoms with E-state index in [4.69, 9.17) is 4.74 Å². The van der Waals surface area contributed by atoms with Gasteiger partial charge in [-0.1, -0.05) is 6.07 Å². The van der Waals surface area contributed by atoms with Crippen LogP contribution in [-0.4, -0.2) is 46.6 Å². The molecule has 0 bridgehead atoms. The van der Waals surface area contributed by atoms with Crippen LogP contribution in [0.25, 0.3) is 22.2 Å². The molecule has 4 rings (SSSR count). The summed E-state index contributed by atoms with van der Waals surface area (Å²) in [6.45, 7) is 5.58. The van der Waals surface area contributed by atoms with E-state index < -0.39 is 5.97 Å². The van der Waals surface area contributed by atoms with Gasteiger partial charge in [-0.15, -0.1) is 0 Å². The predicted octanol–water partition coefficient (Wildman–Crippen LogP) is 1.04. The molecule has 0 saturated carbocycles. The molecule has 2 N–H and O–H groups in total. The van der Waals surface area contributed by atoms with Crippen LogP contribution in [0.3, 0.4) is 0 Å². The molecule has 1 saturated heterocycles. The standard InChI is InChI=1S/C21H27N7O4/c1-14(2)32-20(29)7-10-23-21-25-28(31)19-11-15(3-4-18(19)27(21)30)16-12-24-26(13-16)17-5-8-22-9-6-17/h3-4,11-14,17,22H,5-10H2,1-2H3,(H,23,25). The Labute approximate surface area is 185 Å². The summed E-state index contributed by atoms with van der Waals surface area (Å²) < 4.78 is 7.57. The first-order valence-electron chi connectivity index (χ1n) is 10.8. The molecular weight excluding hydrogens is 414 g/mol. The zero-order valence-electron chi connectivity index (χ0n) is 18.2. The van der Waals surface area contributed by atoms with Crippen LogP contribution >= 0.6 is 0 Å². The highest BCUT2D eigenvalue weighted by atomic mass is 16.5. The van der Waals surface area contributed by atoms with Crippen molar-refractivity contribution in [3.05, 3.63) is 41.0 Å². The van der Waals surface area contributed by atoms with Gasteiger partial charge in [-0.3, -0.25) is 14.8 Å². The Hall–Kier alpha value is -3.47. The fourth-order valence-corrected chi connectivity index (χ4v) is 3.79. The summed E-state index contributed by atoms with van der Waals surface area (Å²) in [6.07, 6.45) is 5.61. The van der Waals surface area contributed by atoms with Gasteiger partial charge in [-0.05, 0) is 51.4 Å². The van der Waals surface area contributed by atoms with Crippen LogP contribution in [0.15, 0.2) is 30.6 Å². The number of hydrogen-bond donors (Lipinski definition) is 2. The van der Waals surface area contributed by atoms with Gasteiger partial charge in [0.2, 0.25) is 5.10 Å². The number of carbonyl (C=O) groups excluding carboxylic acids is 1. The van der Waals surface area contributed by atoms with Crippen molar-refractivity contribution >= 4 is 23.0 Å². The number of rotatable bonds is 7. The van der Waals surface area contributed by atoms with Crippen molar-refractivity contribution in [3.8, 4) is 11.1 Å². The molecule has 2 aromatic heterocycles. The number of anilines is 1. The topological polar surface area (TPSA) is 135 Å². The highest BCUT2D eigenvalue weighted by Crippen LogP contribution is 2.25. The maximum absolute atomic E-state index is 12.7. The van der Waals surface area contributed by atoms with Crippen LogP contribution in [0.1, 0.15) is 39.2 Å². The third-order valence-corrected chi connectivity index (χ3v) is 5.38. The lowest BCUT2D eigenvalue weighted by atomic mass is 10.1. The molecule has 0 aliphatic carbocycles. The fourth-order valence-electron chi connectivity index (χ4n) is 3.79. The first kappa shape index (κ1) is 21.8. The Morgan fingerprint density at radius 1 is 1.28 bits per heavy atom. The van der Waals surface area contributed by atoms with E-state index in [0.29, 0.717) is 15.6 Å². The Balaban J connectivity index is 1.52. The molecule has 32 heavy (non-hydrogen) atoms. The molecule has 3 heterocycles. The molecule has 11 heteroatoms. The fraction of sp³-hybridized carbons (Fsp3) is 0.476. The lowest BCUT2D eigenvalue weighted by Crippen LogP contribution is -2.44. The molecule has 0 atom stereocenters. The van der Waals surface area contributed by atoms with Crippen LogP contribution in [-0.2, 0) is 9.53 Å². The maximum atomic E-state index is 12.7. The molecular formula is C21H27N7O4. The summed E-state index contributed by atoms with van der Waals surface area (Å²) in [5.74, 6) is -0.563. The van der Waals surface area contributed by atoms with Crippen molar-refractivity contribution in [2.75, 3.05) is 25.0 Å². The van der Waals surface area contributed by atoms with Gasteiger partial charge in [0.15, 0.2) is 5.52 Å². The largest absolute Gasteiger partial charge is 0.739 e. The van der Waals surface area contributed by atoms with E-state index >= 15 is 0 Å². The zero-order chi connectivity index (χ0) is 22.7. The van der Waals surface area contributed by atoms with Crippen molar-refractivity contribution < 1.29 is 19.1 Å². The van der Waals surface area contributed by atoms with Gasteiger partial charge in [-0.2, -0.15) is 5.10 Å². The molecule has 3 aromatic rings. The second-order valence-corrected chi connectivity index (χ2v) is 8.10. The second kappa shape index (κ2) is 9.35. The second-order valence-electron chi connectivity index (χ2n) is 8.10. The molecule has 1 aliphatic rings. The summed E-state index contributed by atoms with van der Waals surface area (Å²) in [5, 5.41) is 39.6. The average molecular weight is 441 g/mol. The molecule has 0 amide bonds. The van der Waals surface area contributed by atoms with E-state index in [1.807, 2.05) is 10.9 Å². The van der Waals surface area contributed by atoms with Crippen LogP contribution < -0.4 is 20.2 Å².